The summed E-state index contributed by atoms with van der Waals surface area (Å²) in [5.74, 6) is -7.09. The van der Waals surface area contributed by atoms with Crippen molar-refractivity contribution in [3.8, 4) is 0 Å². The molecule has 1 aromatic rings. The van der Waals surface area contributed by atoms with Crippen LogP contribution in [-0.4, -0.2) is 17.6 Å². The van der Waals surface area contributed by atoms with E-state index in [4.69, 9.17) is 5.73 Å². The number of benzene rings is 1. The fraction of sp³-hybridized carbons (Fsp3) is 0.250. The molecule has 3 N–H and O–H groups in total. The number of rotatable bonds is 4. The fourth-order valence-electron chi connectivity index (χ4n) is 1.60. The normalized spacial score (nSPS) is 12.6. The summed E-state index contributed by atoms with van der Waals surface area (Å²) in [6.07, 6.45) is -4.93. The lowest BCUT2D eigenvalue weighted by Gasteiger charge is -2.16. The molecule has 0 aliphatic carbocycles. The molecule has 1 atom stereocenters. The van der Waals surface area contributed by atoms with Gasteiger partial charge in [0, 0.05) is 0 Å². The molecule has 9 heteroatoms. The Hall–Kier alpha value is -2.45. The van der Waals surface area contributed by atoms with Gasteiger partial charge in [-0.2, -0.15) is 13.2 Å². The minimum atomic E-state index is -4.93. The highest BCUT2D eigenvalue weighted by Crippen LogP contribution is 2.36. The zero-order valence-corrected chi connectivity index (χ0v) is 10.6. The molecule has 0 aromatic heterocycles. The third-order valence-electron chi connectivity index (χ3n) is 2.52. The molecule has 1 aromatic carbocycles. The third kappa shape index (κ3) is 3.77. The number of carbonyl (C=O) groups excluding carboxylic acids is 3. The van der Waals surface area contributed by atoms with Gasteiger partial charge in [-0.1, -0.05) is 6.07 Å². The molecule has 2 amide bonds. The largest absolute Gasteiger partial charge is 0.418 e. The van der Waals surface area contributed by atoms with Crippen molar-refractivity contribution >= 4 is 23.3 Å². The first-order valence-electron chi connectivity index (χ1n) is 5.52. The number of amides is 2. The van der Waals surface area contributed by atoms with E-state index < -0.39 is 46.8 Å². The SMILES string of the molecule is CC(=O)C(C(N)=O)C(=O)Nc1c(F)cccc1C(F)(F)F. The third-order valence-corrected chi connectivity index (χ3v) is 2.52. The highest BCUT2D eigenvalue weighted by molar-refractivity contribution is 6.20. The Balaban J connectivity index is 3.22. The van der Waals surface area contributed by atoms with Gasteiger partial charge in [-0.25, -0.2) is 4.39 Å². The van der Waals surface area contributed by atoms with Gasteiger partial charge in [-0.05, 0) is 19.1 Å². The van der Waals surface area contributed by atoms with Gasteiger partial charge in [-0.3, -0.25) is 14.4 Å². The van der Waals surface area contributed by atoms with Crippen LogP contribution in [0.4, 0.5) is 23.2 Å². The average molecular weight is 306 g/mol. The Labute approximate surface area is 116 Å². The van der Waals surface area contributed by atoms with E-state index >= 15 is 0 Å². The Morgan fingerprint density at radius 2 is 1.81 bits per heavy atom. The Morgan fingerprint density at radius 1 is 1.24 bits per heavy atom. The summed E-state index contributed by atoms with van der Waals surface area (Å²) in [6, 6.07) is 2.05. The van der Waals surface area contributed by atoms with Crippen LogP contribution in [0.5, 0.6) is 0 Å². The first kappa shape index (κ1) is 16.6. The Morgan fingerprint density at radius 3 is 2.24 bits per heavy atom. The molecule has 1 unspecified atom stereocenters. The molecule has 114 valence electrons. The monoisotopic (exact) mass is 306 g/mol. The van der Waals surface area contributed by atoms with Crippen molar-refractivity contribution in [1.29, 1.82) is 0 Å². The van der Waals surface area contributed by atoms with E-state index in [0.29, 0.717) is 12.1 Å². The van der Waals surface area contributed by atoms with Gasteiger partial charge >= 0.3 is 6.18 Å². The second-order valence-corrected chi connectivity index (χ2v) is 4.10. The number of nitrogens with two attached hydrogens (primary N) is 1. The van der Waals surface area contributed by atoms with E-state index in [-0.39, 0.29) is 0 Å². The lowest BCUT2D eigenvalue weighted by atomic mass is 10.0. The second kappa shape index (κ2) is 5.90. The molecule has 0 radical (unpaired) electrons. The predicted molar refractivity (Wildman–Crippen MR) is 63.4 cm³/mol. The Kier molecular flexibility index (Phi) is 4.66. The highest BCUT2D eigenvalue weighted by atomic mass is 19.4. The summed E-state index contributed by atoms with van der Waals surface area (Å²) in [4.78, 5) is 33.7. The van der Waals surface area contributed by atoms with Crippen molar-refractivity contribution in [2.45, 2.75) is 13.1 Å². The predicted octanol–water partition coefficient (Wildman–Crippen LogP) is 1.47. The topological polar surface area (TPSA) is 89.3 Å². The Bertz CT molecular complexity index is 585. The highest BCUT2D eigenvalue weighted by Gasteiger charge is 2.37. The number of carbonyl (C=O) groups is 3. The van der Waals surface area contributed by atoms with Crippen LogP contribution in [0.25, 0.3) is 0 Å². The van der Waals surface area contributed by atoms with Gasteiger partial charge in [0.2, 0.25) is 11.8 Å². The van der Waals surface area contributed by atoms with Crippen molar-refractivity contribution in [1.82, 2.24) is 0 Å². The summed E-state index contributed by atoms with van der Waals surface area (Å²) < 4.78 is 51.7. The van der Waals surface area contributed by atoms with Gasteiger partial charge < -0.3 is 11.1 Å². The molecule has 0 heterocycles. The molecular weight excluding hydrogens is 296 g/mol. The summed E-state index contributed by atoms with van der Waals surface area (Å²) in [5, 5.41) is 1.59. The molecule has 0 spiro atoms. The summed E-state index contributed by atoms with van der Waals surface area (Å²) in [5.41, 5.74) is 2.21. The number of hydrogen-bond donors (Lipinski definition) is 2. The van der Waals surface area contributed by atoms with Crippen LogP contribution in [0.15, 0.2) is 18.2 Å². The average Bonchev–Trinajstić information content (AvgIpc) is 2.29. The second-order valence-electron chi connectivity index (χ2n) is 4.10. The number of Topliss-reactive ketones (excluding diaryl/α,β-unsaturated/α-hetero) is 1. The number of hydrogen-bond acceptors (Lipinski definition) is 3. The molecule has 5 nitrogen and oxygen atoms in total. The van der Waals surface area contributed by atoms with Crippen LogP contribution >= 0.6 is 0 Å². The maximum Gasteiger partial charge on any atom is 0.418 e. The molecule has 0 saturated heterocycles. The number of para-hydroxylation sites is 1. The van der Waals surface area contributed by atoms with Crippen molar-refractivity contribution in [3.63, 3.8) is 0 Å². The quantitative estimate of drug-likeness (QED) is 0.652. The molecule has 0 aliphatic rings. The van der Waals surface area contributed by atoms with Crippen LogP contribution in [-0.2, 0) is 20.6 Å². The summed E-state index contributed by atoms with van der Waals surface area (Å²) >= 11 is 0. The van der Waals surface area contributed by atoms with Crippen molar-refractivity contribution in [2.75, 3.05) is 5.32 Å². The minimum Gasteiger partial charge on any atom is -0.369 e. The van der Waals surface area contributed by atoms with Gasteiger partial charge in [0.15, 0.2) is 11.7 Å². The van der Waals surface area contributed by atoms with Crippen LogP contribution in [0, 0.1) is 11.7 Å². The van der Waals surface area contributed by atoms with E-state index in [1.807, 2.05) is 0 Å². The number of halogens is 4. The first-order valence-corrected chi connectivity index (χ1v) is 5.52. The summed E-state index contributed by atoms with van der Waals surface area (Å²) in [6.45, 7) is 0.862. The number of primary amides is 1. The van der Waals surface area contributed by atoms with Gasteiger partial charge in [0.1, 0.15) is 5.82 Å². The standard InChI is InChI=1S/C12H10F4N2O3/c1-5(19)8(10(17)20)11(21)18-9-6(12(14,15)16)3-2-4-7(9)13/h2-4,8H,1H3,(H2,17,20)(H,18,21). The van der Waals surface area contributed by atoms with Gasteiger partial charge in [-0.15, -0.1) is 0 Å². The van der Waals surface area contributed by atoms with Crippen LogP contribution < -0.4 is 11.1 Å². The number of alkyl halides is 3. The molecule has 0 aliphatic heterocycles. The first-order chi connectivity index (χ1) is 9.55. The van der Waals surface area contributed by atoms with Crippen molar-refractivity contribution < 1.29 is 31.9 Å². The number of nitrogens with one attached hydrogen (secondary N) is 1. The molecule has 1 rings (SSSR count). The maximum absolute atomic E-state index is 13.5. The lowest BCUT2D eigenvalue weighted by molar-refractivity contribution is -0.137. The molecule has 21 heavy (non-hydrogen) atoms. The van der Waals surface area contributed by atoms with Crippen LogP contribution in [0.2, 0.25) is 0 Å². The van der Waals surface area contributed by atoms with Gasteiger partial charge in [0.05, 0.1) is 11.3 Å². The zero-order valence-electron chi connectivity index (χ0n) is 10.6. The summed E-state index contributed by atoms with van der Waals surface area (Å²) in [7, 11) is 0. The van der Waals surface area contributed by atoms with Crippen molar-refractivity contribution in [2.24, 2.45) is 11.7 Å². The smallest absolute Gasteiger partial charge is 0.369 e. The van der Waals surface area contributed by atoms with E-state index in [9.17, 15) is 31.9 Å². The van der Waals surface area contributed by atoms with Crippen LogP contribution in [0.3, 0.4) is 0 Å². The number of anilines is 1. The van der Waals surface area contributed by atoms with Gasteiger partial charge in [0.25, 0.3) is 0 Å². The molecule has 0 bridgehead atoms. The minimum absolute atomic E-state index is 0.547. The fourth-order valence-corrected chi connectivity index (χ4v) is 1.60. The molecule has 0 saturated carbocycles. The van der Waals surface area contributed by atoms with E-state index in [2.05, 4.69) is 0 Å². The van der Waals surface area contributed by atoms with Crippen LogP contribution in [0.1, 0.15) is 12.5 Å². The molecular formula is C12H10F4N2O3. The van der Waals surface area contributed by atoms with E-state index in [1.54, 1.807) is 5.32 Å². The van der Waals surface area contributed by atoms with E-state index in [1.165, 1.54) is 0 Å². The van der Waals surface area contributed by atoms with Crippen molar-refractivity contribution in [3.05, 3.63) is 29.6 Å². The molecule has 0 fully saturated rings. The zero-order chi connectivity index (χ0) is 16.4. The maximum atomic E-state index is 13.5. The number of ketones is 1. The lowest BCUT2D eigenvalue weighted by Crippen LogP contribution is -2.39. The van der Waals surface area contributed by atoms with E-state index in [0.717, 1.165) is 13.0 Å².